The van der Waals surface area contributed by atoms with E-state index in [0.29, 0.717) is 10.0 Å². The van der Waals surface area contributed by atoms with Crippen LogP contribution in [0.15, 0.2) is 27.1 Å². The molecule has 1 aromatic carbocycles. The number of fused-ring (bicyclic) bond motifs is 1. The number of thioether (sulfide) groups is 1. The third kappa shape index (κ3) is 3.33. The van der Waals surface area contributed by atoms with Crippen LogP contribution < -0.4 is 11.1 Å². The minimum Gasteiger partial charge on any atom is -0.480 e. The van der Waals surface area contributed by atoms with Crippen molar-refractivity contribution in [2.24, 2.45) is 5.73 Å². The van der Waals surface area contributed by atoms with Crippen LogP contribution >= 0.6 is 43.6 Å². The Morgan fingerprint density at radius 2 is 1.97 bits per heavy atom. The number of ether oxygens (including phenoxy) is 1. The van der Waals surface area contributed by atoms with Crippen molar-refractivity contribution in [1.82, 2.24) is 10.2 Å². The van der Waals surface area contributed by atoms with Crippen molar-refractivity contribution < 1.29 is 29.0 Å². The first-order chi connectivity index (χ1) is 13.9. The Hall–Kier alpha value is -1.63. The Kier molecular flexibility index (Phi) is 6.00. The Morgan fingerprint density at radius 1 is 1.33 bits per heavy atom. The van der Waals surface area contributed by atoms with Crippen molar-refractivity contribution in [3.8, 4) is 0 Å². The van der Waals surface area contributed by atoms with E-state index < -0.39 is 51.5 Å². The van der Waals surface area contributed by atoms with Crippen molar-refractivity contribution in [2.75, 3.05) is 7.11 Å². The minimum absolute atomic E-state index is 0.446. The van der Waals surface area contributed by atoms with Gasteiger partial charge < -0.3 is 25.8 Å². The van der Waals surface area contributed by atoms with E-state index in [0.717, 1.165) is 28.2 Å². The van der Waals surface area contributed by atoms with E-state index in [1.54, 1.807) is 32.0 Å². The van der Waals surface area contributed by atoms with Crippen molar-refractivity contribution >= 4 is 67.4 Å². The van der Waals surface area contributed by atoms with Gasteiger partial charge in [0.15, 0.2) is 0 Å². The summed E-state index contributed by atoms with van der Waals surface area (Å²) in [6.07, 6.45) is 0. The molecular weight excluding hydrogens is 546 g/mol. The normalized spacial score (nSPS) is 27.7. The summed E-state index contributed by atoms with van der Waals surface area (Å²) in [4.78, 5) is 51.5. The number of nitrogens with two attached hydrogens (primary N) is 1. The fourth-order valence-electron chi connectivity index (χ4n) is 3.74. The van der Waals surface area contributed by atoms with Crippen molar-refractivity contribution in [3.05, 3.63) is 32.7 Å². The van der Waals surface area contributed by atoms with E-state index in [-0.39, 0.29) is 0 Å². The van der Waals surface area contributed by atoms with E-state index in [9.17, 15) is 24.3 Å². The number of benzene rings is 1. The number of esters is 1. The predicted octanol–water partition coefficient (Wildman–Crippen LogP) is 1.39. The Bertz CT molecular complexity index is 958. The van der Waals surface area contributed by atoms with Crippen LogP contribution in [-0.4, -0.2) is 62.6 Å². The highest BCUT2D eigenvalue weighted by Crippen LogP contribution is 2.55. The maximum atomic E-state index is 13.1. The molecule has 9 nitrogen and oxygen atoms in total. The highest BCUT2D eigenvalue weighted by Gasteiger charge is 2.76. The first-order valence-corrected chi connectivity index (χ1v) is 11.2. The van der Waals surface area contributed by atoms with Gasteiger partial charge in [0.05, 0.1) is 7.11 Å². The number of carbonyl (C=O) groups excluding carboxylic acids is 3. The number of nitrogens with zero attached hydrogens (tertiary/aromatic N) is 1. The SMILES string of the molecule is COC(=O)C1(NC(=O)C(N)c2ccc(Br)cc2Br)C(=O)N2[C@@H](C(=O)O)C(C)(C)S[C@@H]21. The molecule has 0 aromatic heterocycles. The van der Waals surface area contributed by atoms with Gasteiger partial charge in [-0.3, -0.25) is 9.59 Å². The molecule has 0 bridgehead atoms. The van der Waals surface area contributed by atoms with Gasteiger partial charge in [0.2, 0.25) is 11.4 Å². The smallest absolute Gasteiger partial charge is 0.344 e. The molecule has 1 aromatic rings. The maximum absolute atomic E-state index is 13.1. The van der Waals surface area contributed by atoms with E-state index in [4.69, 9.17) is 10.5 Å². The number of methoxy groups -OCH3 is 1. The third-order valence-electron chi connectivity index (χ3n) is 5.19. The van der Waals surface area contributed by atoms with Gasteiger partial charge >= 0.3 is 11.9 Å². The van der Waals surface area contributed by atoms with E-state index >= 15 is 0 Å². The molecule has 0 spiro atoms. The molecule has 4 atom stereocenters. The van der Waals surface area contributed by atoms with Crippen LogP contribution in [0.4, 0.5) is 0 Å². The molecule has 2 amide bonds. The molecule has 2 aliphatic heterocycles. The van der Waals surface area contributed by atoms with Crippen LogP contribution in [0.3, 0.4) is 0 Å². The Morgan fingerprint density at radius 3 is 2.50 bits per heavy atom. The monoisotopic (exact) mass is 563 g/mol. The molecule has 0 radical (unpaired) electrons. The summed E-state index contributed by atoms with van der Waals surface area (Å²) >= 11 is 7.77. The van der Waals surface area contributed by atoms with E-state index in [1.165, 1.54) is 0 Å². The van der Waals surface area contributed by atoms with Crippen LogP contribution in [0, 0.1) is 0 Å². The topological polar surface area (TPSA) is 139 Å². The number of amides is 2. The summed E-state index contributed by atoms with van der Waals surface area (Å²) in [5, 5.41) is 11.1. The number of nitrogens with one attached hydrogen (secondary N) is 1. The summed E-state index contributed by atoms with van der Waals surface area (Å²) in [7, 11) is 1.09. The quantitative estimate of drug-likeness (QED) is 0.277. The molecule has 0 saturated carbocycles. The summed E-state index contributed by atoms with van der Waals surface area (Å²) in [5.41, 5.74) is 4.50. The number of carbonyl (C=O) groups is 4. The summed E-state index contributed by atoms with van der Waals surface area (Å²) in [6.45, 7) is 3.33. The zero-order chi connectivity index (χ0) is 22.6. The van der Waals surface area contributed by atoms with Crippen LogP contribution in [0.2, 0.25) is 0 Å². The third-order valence-corrected chi connectivity index (χ3v) is 8.00. The zero-order valence-corrected chi connectivity index (χ0v) is 20.1. The first kappa shape index (κ1) is 23.0. The summed E-state index contributed by atoms with van der Waals surface area (Å²) < 4.78 is 5.26. The number of carboxylic acids is 1. The van der Waals surface area contributed by atoms with Gasteiger partial charge in [-0.1, -0.05) is 37.9 Å². The van der Waals surface area contributed by atoms with Gasteiger partial charge in [0.25, 0.3) is 5.91 Å². The lowest BCUT2D eigenvalue weighted by molar-refractivity contribution is -0.180. The average Bonchev–Trinajstić information content (AvgIpc) is 2.93. The fraction of sp³-hybridized carbons (Fsp3) is 0.444. The van der Waals surface area contributed by atoms with E-state index in [1.807, 2.05) is 0 Å². The molecule has 2 aliphatic rings. The standard InChI is InChI=1S/C18H19Br2N3O6S/c1-17(2)11(13(25)26)23-14(27)18(15(23)30-17,16(28)29-3)22-12(24)10(21)8-5-4-7(19)6-9(8)20/h4-6,10-11,15H,21H2,1-3H3,(H,22,24)(H,25,26)/t10?,11-,15+,18?/m0/s1. The largest absolute Gasteiger partial charge is 0.480 e. The highest BCUT2D eigenvalue weighted by molar-refractivity contribution is 9.11. The number of hydrogen-bond acceptors (Lipinski definition) is 7. The molecule has 0 aliphatic carbocycles. The predicted molar refractivity (Wildman–Crippen MR) is 115 cm³/mol. The number of rotatable bonds is 5. The number of carboxylic acid groups (broad SMARTS) is 1. The van der Waals surface area contributed by atoms with Crippen LogP contribution in [-0.2, 0) is 23.9 Å². The first-order valence-electron chi connectivity index (χ1n) is 8.73. The van der Waals surface area contributed by atoms with Crippen LogP contribution in [0.1, 0.15) is 25.5 Å². The highest BCUT2D eigenvalue weighted by atomic mass is 79.9. The molecular formula is C18H19Br2N3O6S. The van der Waals surface area contributed by atoms with Crippen LogP contribution in [0.25, 0.3) is 0 Å². The lowest BCUT2D eigenvalue weighted by Crippen LogP contribution is -2.83. The van der Waals surface area contributed by atoms with Crippen molar-refractivity contribution in [1.29, 1.82) is 0 Å². The molecule has 2 heterocycles. The molecule has 2 saturated heterocycles. The molecule has 3 rings (SSSR count). The van der Waals surface area contributed by atoms with Gasteiger partial charge in [-0.2, -0.15) is 0 Å². The van der Waals surface area contributed by atoms with Gasteiger partial charge in [-0.15, -0.1) is 11.8 Å². The van der Waals surface area contributed by atoms with Gasteiger partial charge in [0.1, 0.15) is 17.5 Å². The molecule has 4 N–H and O–H groups in total. The lowest BCUT2D eigenvalue weighted by atomic mass is 9.84. The molecule has 2 fully saturated rings. The number of aliphatic carboxylic acids is 1. The lowest BCUT2D eigenvalue weighted by Gasteiger charge is -2.50. The van der Waals surface area contributed by atoms with Gasteiger partial charge in [-0.25, -0.2) is 9.59 Å². The fourth-order valence-corrected chi connectivity index (χ4v) is 6.72. The second kappa shape index (κ2) is 7.81. The second-order valence-corrected chi connectivity index (χ2v) is 11.0. The Labute approximate surface area is 193 Å². The molecule has 30 heavy (non-hydrogen) atoms. The maximum Gasteiger partial charge on any atom is 0.344 e. The molecule has 2 unspecified atom stereocenters. The van der Waals surface area contributed by atoms with Crippen LogP contribution in [0.5, 0.6) is 0 Å². The average molecular weight is 565 g/mol. The van der Waals surface area contributed by atoms with Crippen molar-refractivity contribution in [3.63, 3.8) is 0 Å². The molecule has 12 heteroatoms. The van der Waals surface area contributed by atoms with Gasteiger partial charge in [0, 0.05) is 13.7 Å². The van der Waals surface area contributed by atoms with Crippen molar-refractivity contribution in [2.45, 2.75) is 41.6 Å². The Balaban J connectivity index is 1.95. The van der Waals surface area contributed by atoms with E-state index in [2.05, 4.69) is 37.2 Å². The van der Waals surface area contributed by atoms with Gasteiger partial charge in [-0.05, 0) is 31.5 Å². The second-order valence-electron chi connectivity index (χ2n) is 7.46. The summed E-state index contributed by atoms with van der Waals surface area (Å²) in [5.74, 6) is -3.77. The number of halogens is 2. The zero-order valence-electron chi connectivity index (χ0n) is 16.1. The minimum atomic E-state index is -2.04. The number of β-lactam (4-membered cyclic amide) rings is 1. The number of hydrogen-bond donors (Lipinski definition) is 3. The molecule has 162 valence electrons. The summed E-state index contributed by atoms with van der Waals surface area (Å²) in [6, 6.07) is 2.70.